The molecule has 6 heteroatoms. The van der Waals surface area contributed by atoms with Gasteiger partial charge in [0.15, 0.2) is 0 Å². The molecule has 0 aliphatic rings. The number of thiophene rings is 1. The number of rotatable bonds is 6. The van der Waals surface area contributed by atoms with Crippen molar-refractivity contribution in [2.45, 2.75) is 13.1 Å². The number of hydrogen-bond donors (Lipinski definition) is 1. The van der Waals surface area contributed by atoms with Crippen LogP contribution in [0.2, 0.25) is 0 Å². The summed E-state index contributed by atoms with van der Waals surface area (Å²) in [5.74, 6) is 0.392. The second kappa shape index (κ2) is 7.86. The highest BCUT2D eigenvalue weighted by Gasteiger charge is 2.15. The average molecular weight is 394 g/mol. The number of carbonyl (C=O) groups excluding carboxylic acids is 1. The Balaban J connectivity index is 1.56. The van der Waals surface area contributed by atoms with Crippen LogP contribution in [0.3, 0.4) is 0 Å². The van der Waals surface area contributed by atoms with E-state index in [1.165, 1.54) is 12.1 Å². The van der Waals surface area contributed by atoms with Gasteiger partial charge in [-0.2, -0.15) is 0 Å². The molecule has 2 aromatic heterocycles. The Hall–Kier alpha value is -3.12. The van der Waals surface area contributed by atoms with E-state index in [9.17, 15) is 9.18 Å². The number of halogens is 1. The van der Waals surface area contributed by atoms with Crippen molar-refractivity contribution >= 4 is 28.1 Å². The van der Waals surface area contributed by atoms with E-state index in [-0.39, 0.29) is 18.3 Å². The molecule has 1 amide bonds. The molecule has 0 bridgehead atoms. The lowest BCUT2D eigenvalue weighted by molar-refractivity contribution is -0.121. The van der Waals surface area contributed by atoms with Gasteiger partial charge in [-0.1, -0.05) is 18.2 Å². The van der Waals surface area contributed by atoms with Gasteiger partial charge >= 0.3 is 0 Å². The van der Waals surface area contributed by atoms with E-state index >= 15 is 0 Å². The standard InChI is InChI=1S/C22H19FN2O2S/c1-27-18-7-4-15(5-8-18)13-24-22(26)14-25-19-9-6-17(23)11-16(19)12-20(25)21-3-2-10-28-21/h2-12H,13-14H2,1H3,(H,24,26). The molecule has 0 unspecified atom stereocenters. The summed E-state index contributed by atoms with van der Waals surface area (Å²) in [6.45, 7) is 0.601. The highest BCUT2D eigenvalue weighted by atomic mass is 32.1. The number of aromatic nitrogens is 1. The molecular formula is C22H19FN2O2S. The predicted octanol–water partition coefficient (Wildman–Crippen LogP) is 4.83. The first-order valence-electron chi connectivity index (χ1n) is 8.86. The van der Waals surface area contributed by atoms with Crippen LogP contribution in [0.1, 0.15) is 5.56 Å². The summed E-state index contributed by atoms with van der Waals surface area (Å²) in [6, 6.07) is 18.1. The Labute approximate surface area is 166 Å². The molecule has 4 aromatic rings. The Kier molecular flexibility index (Phi) is 5.12. The second-order valence-corrected chi connectivity index (χ2v) is 7.37. The van der Waals surface area contributed by atoms with E-state index in [1.54, 1.807) is 24.5 Å². The molecule has 0 fully saturated rings. The van der Waals surface area contributed by atoms with Crippen LogP contribution >= 0.6 is 11.3 Å². The van der Waals surface area contributed by atoms with Crippen LogP contribution in [0.5, 0.6) is 5.75 Å². The normalized spacial score (nSPS) is 10.9. The summed E-state index contributed by atoms with van der Waals surface area (Å²) in [5, 5.41) is 5.72. The summed E-state index contributed by atoms with van der Waals surface area (Å²) in [7, 11) is 1.62. The molecule has 1 N–H and O–H groups in total. The van der Waals surface area contributed by atoms with E-state index in [0.717, 1.165) is 32.8 Å². The third-order valence-electron chi connectivity index (χ3n) is 4.59. The lowest BCUT2D eigenvalue weighted by atomic mass is 10.2. The number of ether oxygens (including phenoxy) is 1. The minimum atomic E-state index is -0.286. The first-order chi connectivity index (χ1) is 13.6. The summed E-state index contributed by atoms with van der Waals surface area (Å²) >= 11 is 1.59. The van der Waals surface area contributed by atoms with Crippen LogP contribution in [0, 0.1) is 5.82 Å². The molecule has 28 heavy (non-hydrogen) atoms. The fraction of sp³-hybridized carbons (Fsp3) is 0.136. The van der Waals surface area contributed by atoms with Gasteiger partial charge in [-0.15, -0.1) is 11.3 Å². The van der Waals surface area contributed by atoms with E-state index in [0.29, 0.717) is 6.54 Å². The maximum absolute atomic E-state index is 13.7. The van der Waals surface area contributed by atoms with Crippen molar-refractivity contribution in [3.63, 3.8) is 0 Å². The summed E-state index contributed by atoms with van der Waals surface area (Å²) < 4.78 is 20.7. The number of nitrogens with one attached hydrogen (secondary N) is 1. The monoisotopic (exact) mass is 394 g/mol. The Morgan fingerprint density at radius 1 is 1.14 bits per heavy atom. The quantitative estimate of drug-likeness (QED) is 0.509. The molecule has 2 aromatic carbocycles. The minimum absolute atomic E-state index is 0.101. The Morgan fingerprint density at radius 3 is 2.68 bits per heavy atom. The number of hydrogen-bond acceptors (Lipinski definition) is 3. The zero-order valence-corrected chi connectivity index (χ0v) is 16.1. The number of nitrogens with zero attached hydrogens (tertiary/aromatic N) is 1. The highest BCUT2D eigenvalue weighted by molar-refractivity contribution is 7.13. The van der Waals surface area contributed by atoms with E-state index in [2.05, 4.69) is 5.32 Å². The zero-order valence-electron chi connectivity index (χ0n) is 15.3. The van der Waals surface area contributed by atoms with Crippen LogP contribution < -0.4 is 10.1 Å². The highest BCUT2D eigenvalue weighted by Crippen LogP contribution is 2.31. The van der Waals surface area contributed by atoms with Crippen molar-refractivity contribution < 1.29 is 13.9 Å². The lowest BCUT2D eigenvalue weighted by Gasteiger charge is -2.11. The summed E-state index contributed by atoms with van der Waals surface area (Å²) in [5.41, 5.74) is 2.74. The van der Waals surface area contributed by atoms with Crippen molar-refractivity contribution in [1.82, 2.24) is 9.88 Å². The smallest absolute Gasteiger partial charge is 0.240 e. The molecule has 142 valence electrons. The van der Waals surface area contributed by atoms with Crippen molar-refractivity contribution in [3.8, 4) is 16.3 Å². The van der Waals surface area contributed by atoms with Gasteiger partial charge in [-0.3, -0.25) is 4.79 Å². The van der Waals surface area contributed by atoms with Crippen LogP contribution in [0.25, 0.3) is 21.5 Å². The van der Waals surface area contributed by atoms with Gasteiger partial charge < -0.3 is 14.6 Å². The molecule has 2 heterocycles. The molecule has 0 aliphatic carbocycles. The predicted molar refractivity (Wildman–Crippen MR) is 110 cm³/mol. The number of fused-ring (bicyclic) bond motifs is 1. The third kappa shape index (κ3) is 3.77. The maximum Gasteiger partial charge on any atom is 0.240 e. The fourth-order valence-corrected chi connectivity index (χ4v) is 3.93. The Bertz CT molecular complexity index is 1100. The van der Waals surface area contributed by atoms with Crippen molar-refractivity contribution in [3.05, 3.63) is 77.4 Å². The maximum atomic E-state index is 13.7. The fourth-order valence-electron chi connectivity index (χ4n) is 3.18. The third-order valence-corrected chi connectivity index (χ3v) is 5.48. The first-order valence-corrected chi connectivity index (χ1v) is 9.74. The number of benzene rings is 2. The van der Waals surface area contributed by atoms with Crippen LogP contribution in [0.15, 0.2) is 66.0 Å². The van der Waals surface area contributed by atoms with Gasteiger partial charge in [0.25, 0.3) is 0 Å². The largest absolute Gasteiger partial charge is 0.497 e. The van der Waals surface area contributed by atoms with Gasteiger partial charge in [-0.25, -0.2) is 4.39 Å². The minimum Gasteiger partial charge on any atom is -0.497 e. The van der Waals surface area contributed by atoms with Crippen LogP contribution in [-0.2, 0) is 17.9 Å². The van der Waals surface area contributed by atoms with Crippen molar-refractivity contribution in [1.29, 1.82) is 0 Å². The van der Waals surface area contributed by atoms with Gasteiger partial charge in [0.05, 0.1) is 17.7 Å². The van der Waals surface area contributed by atoms with E-state index in [1.807, 2.05) is 52.4 Å². The molecule has 0 saturated carbocycles. The molecule has 4 rings (SSSR count). The number of carbonyl (C=O) groups is 1. The molecule has 0 aliphatic heterocycles. The van der Waals surface area contributed by atoms with Gasteiger partial charge in [0.2, 0.25) is 5.91 Å². The van der Waals surface area contributed by atoms with Crippen molar-refractivity contribution in [2.24, 2.45) is 0 Å². The summed E-state index contributed by atoms with van der Waals surface area (Å²) in [4.78, 5) is 13.7. The SMILES string of the molecule is COc1ccc(CNC(=O)Cn2c(-c3cccs3)cc3cc(F)ccc32)cc1. The van der Waals surface area contributed by atoms with Crippen LogP contribution in [-0.4, -0.2) is 17.6 Å². The molecule has 0 atom stereocenters. The molecule has 4 nitrogen and oxygen atoms in total. The first kappa shape index (κ1) is 18.3. The number of methoxy groups -OCH3 is 1. The van der Waals surface area contributed by atoms with Gasteiger partial charge in [0.1, 0.15) is 18.1 Å². The molecule has 0 radical (unpaired) electrons. The molecular weight excluding hydrogens is 375 g/mol. The number of amides is 1. The molecule has 0 saturated heterocycles. The van der Waals surface area contributed by atoms with E-state index < -0.39 is 0 Å². The lowest BCUT2D eigenvalue weighted by Crippen LogP contribution is -2.27. The average Bonchev–Trinajstić information content (AvgIpc) is 3.35. The molecule has 0 spiro atoms. The van der Waals surface area contributed by atoms with Crippen LogP contribution in [0.4, 0.5) is 4.39 Å². The Morgan fingerprint density at radius 2 is 1.96 bits per heavy atom. The van der Waals surface area contributed by atoms with Gasteiger partial charge in [0, 0.05) is 17.4 Å². The topological polar surface area (TPSA) is 43.3 Å². The zero-order chi connectivity index (χ0) is 19.5. The second-order valence-electron chi connectivity index (χ2n) is 6.42. The van der Waals surface area contributed by atoms with Crippen molar-refractivity contribution in [2.75, 3.05) is 7.11 Å². The summed E-state index contributed by atoms with van der Waals surface area (Å²) in [6.07, 6.45) is 0. The van der Waals surface area contributed by atoms with E-state index in [4.69, 9.17) is 4.74 Å². The van der Waals surface area contributed by atoms with Gasteiger partial charge in [-0.05, 0) is 53.4 Å².